The summed E-state index contributed by atoms with van der Waals surface area (Å²) < 4.78 is 0. The second-order valence-electron chi connectivity index (χ2n) is 4.58. The number of thioether (sulfide) groups is 1. The van der Waals surface area contributed by atoms with Gasteiger partial charge < -0.3 is 15.7 Å². The maximum atomic E-state index is 11.7. The Bertz CT molecular complexity index is 508. The topological polar surface area (TPSA) is 95.5 Å². The van der Waals surface area contributed by atoms with E-state index in [-0.39, 0.29) is 24.0 Å². The molecule has 0 bridgehead atoms. The van der Waals surface area contributed by atoms with Gasteiger partial charge in [0.2, 0.25) is 11.8 Å². The molecular weight excluding hydrogens is 304 g/mol. The molecule has 0 fully saturated rings. The molecule has 3 N–H and O–H groups in total. The first-order valence-electron chi connectivity index (χ1n) is 6.97. The smallest absolute Gasteiger partial charge is 0.326 e. The maximum absolute atomic E-state index is 11.7. The summed E-state index contributed by atoms with van der Waals surface area (Å²) in [5.41, 5.74) is 0.734. The third-order valence-corrected chi connectivity index (χ3v) is 3.76. The summed E-state index contributed by atoms with van der Waals surface area (Å²) in [6, 6.07) is 8.28. The molecule has 1 aromatic rings. The highest BCUT2D eigenvalue weighted by Gasteiger charge is 2.17. The lowest BCUT2D eigenvalue weighted by atomic mass is 10.2. The number of amides is 2. The normalized spacial score (nSPS) is 11.5. The van der Waals surface area contributed by atoms with Crippen molar-refractivity contribution in [2.24, 2.45) is 0 Å². The van der Waals surface area contributed by atoms with E-state index in [1.165, 1.54) is 11.8 Å². The Morgan fingerprint density at radius 1 is 1.18 bits per heavy atom. The predicted octanol–water partition coefficient (Wildman–Crippen LogP) is 1.73. The number of para-hydroxylation sites is 1. The first kappa shape index (κ1) is 18.0. The number of nitrogens with one attached hydrogen (secondary N) is 2. The lowest BCUT2D eigenvalue weighted by molar-refractivity contribution is -0.141. The summed E-state index contributed by atoms with van der Waals surface area (Å²) in [5.74, 6) is -0.771. The van der Waals surface area contributed by atoms with E-state index < -0.39 is 12.0 Å². The predicted molar refractivity (Wildman–Crippen MR) is 86.9 cm³/mol. The van der Waals surface area contributed by atoms with Gasteiger partial charge in [-0.15, -0.1) is 0 Å². The van der Waals surface area contributed by atoms with Crippen LogP contribution in [-0.2, 0) is 14.4 Å². The zero-order chi connectivity index (χ0) is 16.4. The van der Waals surface area contributed by atoms with Crippen molar-refractivity contribution >= 4 is 35.2 Å². The molecule has 1 aromatic carbocycles. The highest BCUT2D eigenvalue weighted by Crippen LogP contribution is 2.08. The molecule has 0 aromatic heterocycles. The van der Waals surface area contributed by atoms with E-state index in [0.29, 0.717) is 12.2 Å². The van der Waals surface area contributed by atoms with Gasteiger partial charge in [0, 0.05) is 17.9 Å². The van der Waals surface area contributed by atoms with E-state index in [0.717, 1.165) is 5.69 Å². The first-order chi connectivity index (χ1) is 10.5. The van der Waals surface area contributed by atoms with Gasteiger partial charge in [-0.05, 0) is 18.6 Å². The van der Waals surface area contributed by atoms with E-state index in [1.54, 1.807) is 19.1 Å². The van der Waals surface area contributed by atoms with Crippen LogP contribution in [0.2, 0.25) is 0 Å². The van der Waals surface area contributed by atoms with Crippen molar-refractivity contribution in [1.82, 2.24) is 5.32 Å². The molecule has 0 radical (unpaired) electrons. The second-order valence-corrected chi connectivity index (χ2v) is 5.69. The zero-order valence-electron chi connectivity index (χ0n) is 12.4. The van der Waals surface area contributed by atoms with Crippen molar-refractivity contribution in [3.05, 3.63) is 30.3 Å². The van der Waals surface area contributed by atoms with Crippen molar-refractivity contribution in [3.8, 4) is 0 Å². The molecular formula is C15H20N2O4S. The largest absolute Gasteiger partial charge is 0.480 e. The average molecular weight is 324 g/mol. The van der Waals surface area contributed by atoms with Crippen molar-refractivity contribution in [3.63, 3.8) is 0 Å². The summed E-state index contributed by atoms with van der Waals surface area (Å²) in [5, 5.41) is 14.0. The van der Waals surface area contributed by atoms with Gasteiger partial charge >= 0.3 is 5.97 Å². The van der Waals surface area contributed by atoms with Crippen LogP contribution in [-0.4, -0.2) is 40.4 Å². The quantitative estimate of drug-likeness (QED) is 0.601. The molecule has 1 rings (SSSR count). The lowest BCUT2D eigenvalue weighted by Gasteiger charge is -2.11. The molecule has 0 aliphatic rings. The van der Waals surface area contributed by atoms with Gasteiger partial charge in [0.05, 0.1) is 5.75 Å². The third-order valence-electron chi connectivity index (χ3n) is 2.81. The van der Waals surface area contributed by atoms with Crippen molar-refractivity contribution in [2.75, 3.05) is 16.8 Å². The molecule has 0 heterocycles. The van der Waals surface area contributed by atoms with E-state index in [4.69, 9.17) is 5.11 Å². The number of anilines is 1. The van der Waals surface area contributed by atoms with Crippen LogP contribution in [0.4, 0.5) is 5.69 Å². The number of carbonyl (C=O) groups is 3. The van der Waals surface area contributed by atoms with E-state index in [9.17, 15) is 14.4 Å². The Morgan fingerprint density at radius 2 is 1.86 bits per heavy atom. The van der Waals surface area contributed by atoms with Crippen LogP contribution in [0, 0.1) is 0 Å². The molecule has 0 aliphatic heterocycles. The van der Waals surface area contributed by atoms with Crippen LogP contribution >= 0.6 is 11.8 Å². The number of aliphatic carboxylic acids is 1. The average Bonchev–Trinajstić information content (AvgIpc) is 2.50. The Kier molecular flexibility index (Phi) is 8.06. The van der Waals surface area contributed by atoms with E-state index >= 15 is 0 Å². The van der Waals surface area contributed by atoms with Crippen LogP contribution < -0.4 is 10.6 Å². The Morgan fingerprint density at radius 3 is 2.45 bits per heavy atom. The van der Waals surface area contributed by atoms with Crippen molar-refractivity contribution in [1.29, 1.82) is 0 Å². The second kappa shape index (κ2) is 9.83. The number of carboxylic acid groups (broad SMARTS) is 1. The molecule has 1 unspecified atom stereocenters. The minimum Gasteiger partial charge on any atom is -0.480 e. The summed E-state index contributed by atoms with van der Waals surface area (Å²) >= 11 is 1.33. The van der Waals surface area contributed by atoms with Crippen LogP contribution in [0.15, 0.2) is 30.3 Å². The van der Waals surface area contributed by atoms with Crippen molar-refractivity contribution in [2.45, 2.75) is 25.8 Å². The molecule has 22 heavy (non-hydrogen) atoms. The number of carboxylic acids is 1. The maximum Gasteiger partial charge on any atom is 0.326 e. The van der Waals surface area contributed by atoms with Gasteiger partial charge in [0.25, 0.3) is 0 Å². The summed E-state index contributed by atoms with van der Waals surface area (Å²) in [6.07, 6.45) is 0.529. The molecule has 0 spiro atoms. The number of benzene rings is 1. The van der Waals surface area contributed by atoms with E-state index in [1.807, 2.05) is 18.2 Å². The van der Waals surface area contributed by atoms with Crippen LogP contribution in [0.1, 0.15) is 19.8 Å². The molecule has 1 atom stereocenters. The molecule has 120 valence electrons. The summed E-state index contributed by atoms with van der Waals surface area (Å²) in [7, 11) is 0. The van der Waals surface area contributed by atoms with Gasteiger partial charge in [-0.25, -0.2) is 4.79 Å². The zero-order valence-corrected chi connectivity index (χ0v) is 13.2. The van der Waals surface area contributed by atoms with Crippen molar-refractivity contribution < 1.29 is 19.5 Å². The Hall–Kier alpha value is -2.02. The lowest BCUT2D eigenvalue weighted by Crippen LogP contribution is -2.40. The monoisotopic (exact) mass is 324 g/mol. The highest BCUT2D eigenvalue weighted by molar-refractivity contribution is 7.99. The third kappa shape index (κ3) is 7.12. The van der Waals surface area contributed by atoms with Gasteiger partial charge in [-0.1, -0.05) is 25.1 Å². The minimum absolute atomic E-state index is 0.131. The highest BCUT2D eigenvalue weighted by atomic mass is 32.2. The number of hydrogen-bond donors (Lipinski definition) is 3. The Balaban J connectivity index is 2.18. The van der Waals surface area contributed by atoms with Gasteiger partial charge in [0.15, 0.2) is 0 Å². The SMILES string of the molecule is CCC(NC(=O)CCSCC(=O)Nc1ccccc1)C(=O)O. The first-order valence-corrected chi connectivity index (χ1v) is 8.13. The fourth-order valence-electron chi connectivity index (χ4n) is 1.65. The van der Waals surface area contributed by atoms with Gasteiger partial charge in [0.1, 0.15) is 6.04 Å². The minimum atomic E-state index is -1.04. The number of rotatable bonds is 9. The molecule has 6 nitrogen and oxygen atoms in total. The van der Waals surface area contributed by atoms with Crippen LogP contribution in [0.25, 0.3) is 0 Å². The fourth-order valence-corrected chi connectivity index (χ4v) is 2.38. The van der Waals surface area contributed by atoms with Gasteiger partial charge in [-0.3, -0.25) is 9.59 Å². The summed E-state index contributed by atoms with van der Waals surface area (Å²) in [6.45, 7) is 1.70. The molecule has 0 saturated carbocycles. The molecule has 7 heteroatoms. The van der Waals surface area contributed by atoms with Gasteiger partial charge in [-0.2, -0.15) is 11.8 Å². The fraction of sp³-hybridized carbons (Fsp3) is 0.400. The number of hydrogen-bond acceptors (Lipinski definition) is 4. The van der Waals surface area contributed by atoms with Crippen LogP contribution in [0.5, 0.6) is 0 Å². The standard InChI is InChI=1S/C15H20N2O4S/c1-2-12(15(20)21)17-13(18)8-9-22-10-14(19)16-11-6-4-3-5-7-11/h3-7,12H,2,8-10H2,1H3,(H,16,19)(H,17,18)(H,20,21). The molecule has 0 saturated heterocycles. The Labute approximate surface area is 133 Å². The molecule has 2 amide bonds. The number of carbonyl (C=O) groups excluding carboxylic acids is 2. The van der Waals surface area contributed by atoms with E-state index in [2.05, 4.69) is 10.6 Å². The van der Waals surface area contributed by atoms with Crippen LogP contribution in [0.3, 0.4) is 0 Å². The molecule has 0 aliphatic carbocycles. The summed E-state index contributed by atoms with van der Waals surface area (Å²) in [4.78, 5) is 34.0.